The maximum Gasteiger partial charge on any atom is 0.231 e. The third-order valence-corrected chi connectivity index (χ3v) is 3.54. The number of methoxy groups -OCH3 is 1. The first-order valence-corrected chi connectivity index (χ1v) is 7.25. The van der Waals surface area contributed by atoms with Crippen LogP contribution in [0.5, 0.6) is 17.2 Å². The van der Waals surface area contributed by atoms with Crippen molar-refractivity contribution in [2.45, 2.75) is 0 Å². The highest BCUT2D eigenvalue weighted by atomic mass is 35.5. The summed E-state index contributed by atoms with van der Waals surface area (Å²) >= 11 is 11.4. The molecule has 0 amide bonds. The molecule has 0 bridgehead atoms. The number of fused-ring (bicyclic) bond motifs is 1. The third-order valence-electron chi connectivity index (χ3n) is 3.04. The van der Waals surface area contributed by atoms with Crippen molar-refractivity contribution in [3.8, 4) is 17.2 Å². The van der Waals surface area contributed by atoms with Crippen LogP contribution in [-0.4, -0.2) is 19.0 Å². The van der Waals surface area contributed by atoms with E-state index in [1.54, 1.807) is 19.2 Å². The fourth-order valence-corrected chi connectivity index (χ4v) is 2.51. The maximum absolute atomic E-state index is 6.08. The molecule has 0 atom stereocenters. The van der Waals surface area contributed by atoms with E-state index in [1.165, 1.54) is 0 Å². The van der Waals surface area contributed by atoms with Gasteiger partial charge in [-0.25, -0.2) is 0 Å². The van der Waals surface area contributed by atoms with Gasteiger partial charge in [0.2, 0.25) is 6.79 Å². The lowest BCUT2D eigenvalue weighted by Crippen LogP contribution is -2.18. The zero-order valence-electron chi connectivity index (χ0n) is 11.7. The molecule has 1 heterocycles. The minimum Gasteiger partial charge on any atom is -0.495 e. The van der Waals surface area contributed by atoms with Crippen molar-refractivity contribution in [2.24, 2.45) is 0 Å². The molecule has 2 aromatic rings. The molecule has 22 heavy (non-hydrogen) atoms. The number of nitrogens with one attached hydrogen (secondary N) is 2. The zero-order valence-corrected chi connectivity index (χ0v) is 13.3. The Bertz CT molecular complexity index is 724. The highest BCUT2D eigenvalue weighted by molar-refractivity contribution is 7.80. The summed E-state index contributed by atoms with van der Waals surface area (Å²) in [4.78, 5) is 0. The molecule has 0 spiro atoms. The lowest BCUT2D eigenvalue weighted by atomic mass is 10.3. The van der Waals surface area contributed by atoms with E-state index in [4.69, 9.17) is 38.0 Å². The quantitative estimate of drug-likeness (QED) is 0.829. The summed E-state index contributed by atoms with van der Waals surface area (Å²) in [6, 6.07) is 10.9. The summed E-state index contributed by atoms with van der Waals surface area (Å²) in [5.41, 5.74) is 1.57. The van der Waals surface area contributed by atoms with E-state index in [0.29, 0.717) is 21.6 Å². The summed E-state index contributed by atoms with van der Waals surface area (Å²) in [6.07, 6.45) is 0. The average Bonchev–Trinajstić information content (AvgIpc) is 2.95. The molecule has 114 valence electrons. The van der Waals surface area contributed by atoms with Gasteiger partial charge in [0.25, 0.3) is 0 Å². The SMILES string of the molecule is COc1ccc(NC(=S)Nc2ccc3c(c2)OCO3)cc1Cl. The largest absolute Gasteiger partial charge is 0.495 e. The van der Waals surface area contributed by atoms with E-state index in [9.17, 15) is 0 Å². The van der Waals surface area contributed by atoms with E-state index in [1.807, 2.05) is 24.3 Å². The van der Waals surface area contributed by atoms with Crippen LogP contribution >= 0.6 is 23.8 Å². The van der Waals surface area contributed by atoms with Gasteiger partial charge in [-0.3, -0.25) is 0 Å². The number of hydrogen-bond acceptors (Lipinski definition) is 4. The lowest BCUT2D eigenvalue weighted by Gasteiger charge is -2.12. The molecule has 5 nitrogen and oxygen atoms in total. The number of ether oxygens (including phenoxy) is 3. The van der Waals surface area contributed by atoms with Crippen LogP contribution in [0.15, 0.2) is 36.4 Å². The summed E-state index contributed by atoms with van der Waals surface area (Å²) < 4.78 is 15.7. The molecule has 1 aliphatic heterocycles. The van der Waals surface area contributed by atoms with Crippen molar-refractivity contribution in [1.82, 2.24) is 0 Å². The van der Waals surface area contributed by atoms with Crippen molar-refractivity contribution in [2.75, 3.05) is 24.5 Å². The molecule has 0 aliphatic carbocycles. The predicted octanol–water partition coefficient (Wildman–Crippen LogP) is 3.89. The van der Waals surface area contributed by atoms with Crippen LogP contribution in [0.25, 0.3) is 0 Å². The molecule has 1 aliphatic rings. The standard InChI is InChI=1S/C15H13ClN2O3S/c1-19-12-4-2-9(6-11(12)16)17-15(22)18-10-3-5-13-14(7-10)21-8-20-13/h2-7H,8H2,1H3,(H2,17,18,22). The summed E-state index contributed by atoms with van der Waals surface area (Å²) in [7, 11) is 1.57. The molecule has 3 rings (SSSR count). The topological polar surface area (TPSA) is 51.8 Å². The van der Waals surface area contributed by atoms with Crippen LogP contribution in [0.2, 0.25) is 5.02 Å². The number of rotatable bonds is 3. The number of thiocarbonyl (C=S) groups is 1. The number of anilines is 2. The molecule has 0 radical (unpaired) electrons. The van der Waals surface area contributed by atoms with Gasteiger partial charge in [-0.15, -0.1) is 0 Å². The Labute approximate surface area is 138 Å². The number of hydrogen-bond donors (Lipinski definition) is 2. The Hall–Kier alpha value is -2.18. The van der Waals surface area contributed by atoms with Gasteiger partial charge in [-0.05, 0) is 42.5 Å². The molecular formula is C15H13ClN2O3S. The van der Waals surface area contributed by atoms with Crippen LogP contribution in [0.1, 0.15) is 0 Å². The summed E-state index contributed by atoms with van der Waals surface area (Å²) in [5.74, 6) is 2.04. The van der Waals surface area contributed by atoms with E-state index < -0.39 is 0 Å². The molecule has 0 saturated heterocycles. The molecule has 0 aromatic heterocycles. The third kappa shape index (κ3) is 3.18. The van der Waals surface area contributed by atoms with Gasteiger partial charge >= 0.3 is 0 Å². The number of benzene rings is 2. The highest BCUT2D eigenvalue weighted by Crippen LogP contribution is 2.34. The molecule has 2 aromatic carbocycles. The second-order valence-corrected chi connectivity index (χ2v) is 5.31. The molecule has 0 unspecified atom stereocenters. The zero-order chi connectivity index (χ0) is 15.5. The smallest absolute Gasteiger partial charge is 0.231 e. The van der Waals surface area contributed by atoms with Gasteiger partial charge in [-0.1, -0.05) is 11.6 Å². The van der Waals surface area contributed by atoms with Crippen LogP contribution < -0.4 is 24.8 Å². The van der Waals surface area contributed by atoms with Crippen LogP contribution in [-0.2, 0) is 0 Å². The Morgan fingerprint density at radius 2 is 1.77 bits per heavy atom. The normalized spacial score (nSPS) is 11.9. The highest BCUT2D eigenvalue weighted by Gasteiger charge is 2.13. The van der Waals surface area contributed by atoms with Crippen molar-refractivity contribution in [3.63, 3.8) is 0 Å². The molecule has 7 heteroatoms. The Morgan fingerprint density at radius 1 is 1.09 bits per heavy atom. The summed E-state index contributed by atoms with van der Waals surface area (Å²) in [5, 5.41) is 7.09. The van der Waals surface area contributed by atoms with Gasteiger partial charge < -0.3 is 24.8 Å². The Morgan fingerprint density at radius 3 is 2.50 bits per heavy atom. The lowest BCUT2D eigenvalue weighted by molar-refractivity contribution is 0.174. The molecular weight excluding hydrogens is 324 g/mol. The van der Waals surface area contributed by atoms with E-state index in [2.05, 4.69) is 10.6 Å². The maximum atomic E-state index is 6.08. The first kappa shape index (κ1) is 14.7. The van der Waals surface area contributed by atoms with E-state index in [0.717, 1.165) is 17.1 Å². The Balaban J connectivity index is 1.66. The first-order valence-electron chi connectivity index (χ1n) is 6.47. The van der Waals surface area contributed by atoms with Gasteiger partial charge in [0, 0.05) is 17.4 Å². The Kier molecular flexibility index (Phi) is 4.22. The van der Waals surface area contributed by atoms with E-state index in [-0.39, 0.29) is 6.79 Å². The minimum atomic E-state index is 0.242. The second kappa shape index (κ2) is 6.29. The number of halogens is 1. The van der Waals surface area contributed by atoms with E-state index >= 15 is 0 Å². The monoisotopic (exact) mass is 336 g/mol. The summed E-state index contributed by atoms with van der Waals surface area (Å²) in [6.45, 7) is 0.242. The van der Waals surface area contributed by atoms with Gasteiger partial charge in [0.05, 0.1) is 12.1 Å². The van der Waals surface area contributed by atoms with Gasteiger partial charge in [0.15, 0.2) is 16.6 Å². The fraction of sp³-hybridized carbons (Fsp3) is 0.133. The molecule has 0 saturated carbocycles. The minimum absolute atomic E-state index is 0.242. The fourth-order valence-electron chi connectivity index (χ4n) is 2.01. The van der Waals surface area contributed by atoms with Crippen LogP contribution in [0, 0.1) is 0 Å². The van der Waals surface area contributed by atoms with Crippen molar-refractivity contribution in [3.05, 3.63) is 41.4 Å². The van der Waals surface area contributed by atoms with Crippen molar-refractivity contribution in [1.29, 1.82) is 0 Å². The molecule has 0 fully saturated rings. The second-order valence-electron chi connectivity index (χ2n) is 4.50. The van der Waals surface area contributed by atoms with Crippen LogP contribution in [0.4, 0.5) is 11.4 Å². The van der Waals surface area contributed by atoms with Gasteiger partial charge in [0.1, 0.15) is 5.75 Å². The average molecular weight is 337 g/mol. The van der Waals surface area contributed by atoms with Crippen molar-refractivity contribution < 1.29 is 14.2 Å². The van der Waals surface area contributed by atoms with Gasteiger partial charge in [-0.2, -0.15) is 0 Å². The molecule has 2 N–H and O–H groups in total. The predicted molar refractivity (Wildman–Crippen MR) is 90.4 cm³/mol. The first-order chi connectivity index (χ1) is 10.7. The van der Waals surface area contributed by atoms with Crippen molar-refractivity contribution >= 4 is 40.3 Å². The van der Waals surface area contributed by atoms with Crippen LogP contribution in [0.3, 0.4) is 0 Å².